The van der Waals surface area contributed by atoms with Gasteiger partial charge in [0.2, 0.25) is 0 Å². The molecule has 2 atom stereocenters. The maximum absolute atomic E-state index is 5.06. The average Bonchev–Trinajstić information content (AvgIpc) is 3.70. The highest BCUT2D eigenvalue weighted by molar-refractivity contribution is 6.78. The van der Waals surface area contributed by atoms with Crippen LogP contribution in [0.15, 0.2) is 55.2 Å². The van der Waals surface area contributed by atoms with E-state index < -0.39 is 8.07 Å². The molecule has 4 N–H and O–H groups in total. The Morgan fingerprint density at radius 1 is 0.946 bits per heavy atom. The predicted molar refractivity (Wildman–Crippen MR) is 155 cm³/mol. The molecule has 2 fully saturated rings. The summed E-state index contributed by atoms with van der Waals surface area (Å²) in [5.74, 6) is 2.07. The molecule has 4 heterocycles. The lowest BCUT2D eigenvalue weighted by Crippen LogP contribution is -2.28. The molecule has 2 aromatic carbocycles. The fourth-order valence-corrected chi connectivity index (χ4v) is 8.13. The molecular formula is C30H36N6Si. The molecule has 6 rings (SSSR count). The second-order valence-corrected chi connectivity index (χ2v) is 16.4. The first-order valence-corrected chi connectivity index (χ1v) is 16.8. The van der Waals surface area contributed by atoms with Gasteiger partial charge in [-0.25, -0.2) is 9.97 Å². The van der Waals surface area contributed by atoms with Crippen LogP contribution in [0, 0.1) is 6.92 Å². The number of hydrogen-bond acceptors (Lipinski definition) is 4. The minimum absolute atomic E-state index is 0.313. The predicted octanol–water partition coefficient (Wildman–Crippen LogP) is 6.40. The number of imidazole rings is 2. The second kappa shape index (κ2) is 9.56. The molecule has 0 spiro atoms. The van der Waals surface area contributed by atoms with Gasteiger partial charge >= 0.3 is 0 Å². The summed E-state index contributed by atoms with van der Waals surface area (Å²) in [6.45, 7) is 12.2. The molecule has 0 amide bonds. The lowest BCUT2D eigenvalue weighted by Gasteiger charge is -2.11. The second-order valence-electron chi connectivity index (χ2n) is 11.3. The fourth-order valence-electron chi connectivity index (χ4n) is 5.74. The third-order valence-corrected chi connectivity index (χ3v) is 10.5. The summed E-state index contributed by atoms with van der Waals surface area (Å²) in [6.07, 6.45) is 7.33. The highest BCUT2D eigenvalue weighted by Crippen LogP contribution is 2.34. The van der Waals surface area contributed by atoms with E-state index in [9.17, 15) is 0 Å². The van der Waals surface area contributed by atoms with Crippen LogP contribution in [-0.4, -0.2) is 40.7 Å². The number of benzene rings is 2. The zero-order valence-corrected chi connectivity index (χ0v) is 23.0. The van der Waals surface area contributed by atoms with Crippen molar-refractivity contribution in [2.75, 3.05) is 12.7 Å². The standard InChI is InChI=1S/C30H36N6Si/c1-5-24-28(36-30(34-24)27-17-37(3,4)18-33-27)23-13-12-22(15-19(23)2)20-8-10-21(11-9-20)26-16-32-29(35-26)25-7-6-14-31-25/h5,8-13,15-16,25,27,31,33H,1,6-7,14,17-18H2,2-4H3,(H,32,35)(H,34,36). The minimum atomic E-state index is -1.18. The van der Waals surface area contributed by atoms with Crippen LogP contribution >= 0.6 is 0 Å². The topological polar surface area (TPSA) is 81.4 Å². The Kier molecular flexibility index (Phi) is 6.22. The first kappa shape index (κ1) is 24.1. The van der Waals surface area contributed by atoms with E-state index >= 15 is 0 Å². The maximum atomic E-state index is 5.06. The highest BCUT2D eigenvalue weighted by Gasteiger charge is 2.35. The SMILES string of the molecule is C=Cc1[nH]c(C2C[Si](C)(C)CN2)nc1-c1ccc(-c2ccc(-c3cnc(C4CCCN4)[nH]3)cc2)cc1C. The van der Waals surface area contributed by atoms with Crippen molar-refractivity contribution < 1.29 is 0 Å². The number of nitrogens with one attached hydrogen (secondary N) is 4. The fraction of sp³-hybridized carbons (Fsp3) is 0.333. The molecule has 4 aromatic rings. The lowest BCUT2D eigenvalue weighted by molar-refractivity contribution is 0.613. The van der Waals surface area contributed by atoms with Crippen molar-refractivity contribution in [2.24, 2.45) is 0 Å². The van der Waals surface area contributed by atoms with Crippen LogP contribution < -0.4 is 10.6 Å². The van der Waals surface area contributed by atoms with Crippen LogP contribution in [0.3, 0.4) is 0 Å². The Balaban J connectivity index is 1.23. The van der Waals surface area contributed by atoms with Crippen LogP contribution in [0.4, 0.5) is 0 Å². The largest absolute Gasteiger partial charge is 0.341 e. The number of H-pyrrole nitrogens is 2. The Bertz CT molecular complexity index is 1420. The molecule has 0 bridgehead atoms. The Hall–Kier alpha value is -3.26. The molecule has 2 aliphatic heterocycles. The van der Waals surface area contributed by atoms with Gasteiger partial charge in [0.05, 0.1) is 43.4 Å². The van der Waals surface area contributed by atoms with E-state index in [4.69, 9.17) is 4.98 Å². The van der Waals surface area contributed by atoms with E-state index in [0.717, 1.165) is 59.0 Å². The van der Waals surface area contributed by atoms with Gasteiger partial charge in [-0.1, -0.05) is 62.1 Å². The van der Waals surface area contributed by atoms with Gasteiger partial charge in [0.1, 0.15) is 11.6 Å². The van der Waals surface area contributed by atoms with Gasteiger partial charge in [-0.15, -0.1) is 0 Å². The van der Waals surface area contributed by atoms with Gasteiger partial charge in [-0.3, -0.25) is 0 Å². The molecule has 190 valence electrons. The third kappa shape index (κ3) is 4.74. The van der Waals surface area contributed by atoms with Crippen molar-refractivity contribution in [3.63, 3.8) is 0 Å². The van der Waals surface area contributed by atoms with Crippen LogP contribution in [0.2, 0.25) is 19.1 Å². The van der Waals surface area contributed by atoms with Crippen molar-refractivity contribution in [1.29, 1.82) is 0 Å². The summed E-state index contributed by atoms with van der Waals surface area (Å²) in [7, 11) is -1.18. The van der Waals surface area contributed by atoms with E-state index in [2.05, 4.69) is 94.6 Å². The van der Waals surface area contributed by atoms with Crippen LogP contribution in [-0.2, 0) is 0 Å². The Morgan fingerprint density at radius 3 is 2.41 bits per heavy atom. The monoisotopic (exact) mass is 508 g/mol. The van der Waals surface area contributed by atoms with Crippen molar-refractivity contribution in [1.82, 2.24) is 30.6 Å². The zero-order valence-electron chi connectivity index (χ0n) is 22.0. The molecule has 0 saturated carbocycles. The molecule has 0 aliphatic carbocycles. The van der Waals surface area contributed by atoms with E-state index in [0.29, 0.717) is 12.1 Å². The van der Waals surface area contributed by atoms with Gasteiger partial charge in [0, 0.05) is 5.56 Å². The minimum Gasteiger partial charge on any atom is -0.341 e. The molecule has 2 saturated heterocycles. The quantitative estimate of drug-likeness (QED) is 0.227. The van der Waals surface area contributed by atoms with Gasteiger partial charge in [0.25, 0.3) is 0 Å². The number of aromatic nitrogens is 4. The number of rotatable bonds is 6. The van der Waals surface area contributed by atoms with Crippen molar-refractivity contribution in [3.8, 4) is 33.6 Å². The van der Waals surface area contributed by atoms with Gasteiger partial charge in [-0.05, 0) is 66.9 Å². The molecule has 7 heteroatoms. The molecule has 2 aromatic heterocycles. The average molecular weight is 509 g/mol. The highest BCUT2D eigenvalue weighted by atomic mass is 28.3. The summed E-state index contributed by atoms with van der Waals surface area (Å²) in [5.41, 5.74) is 8.96. The van der Waals surface area contributed by atoms with Crippen LogP contribution in [0.1, 0.15) is 47.8 Å². The van der Waals surface area contributed by atoms with E-state index in [1.165, 1.54) is 29.2 Å². The van der Waals surface area contributed by atoms with Crippen molar-refractivity contribution in [2.45, 2.75) is 51.0 Å². The summed E-state index contributed by atoms with van der Waals surface area (Å²) in [4.78, 5) is 16.7. The number of hydrogen-bond donors (Lipinski definition) is 4. The summed E-state index contributed by atoms with van der Waals surface area (Å²) < 4.78 is 0. The van der Waals surface area contributed by atoms with Crippen molar-refractivity contribution in [3.05, 3.63) is 78.1 Å². The van der Waals surface area contributed by atoms with E-state index in [1.54, 1.807) is 0 Å². The summed E-state index contributed by atoms with van der Waals surface area (Å²) in [6, 6.07) is 17.3. The maximum Gasteiger partial charge on any atom is 0.124 e. The van der Waals surface area contributed by atoms with E-state index in [1.807, 2.05) is 12.3 Å². The first-order valence-electron chi connectivity index (χ1n) is 13.4. The molecule has 2 unspecified atom stereocenters. The molecule has 37 heavy (non-hydrogen) atoms. The first-order chi connectivity index (χ1) is 17.9. The molecule has 2 aliphatic rings. The molecule has 0 radical (unpaired) electrons. The molecule has 6 nitrogen and oxygen atoms in total. The third-order valence-electron chi connectivity index (χ3n) is 7.86. The normalized spacial score (nSPS) is 20.9. The van der Waals surface area contributed by atoms with E-state index in [-0.39, 0.29) is 0 Å². The summed E-state index contributed by atoms with van der Waals surface area (Å²) in [5, 5.41) is 7.19. The van der Waals surface area contributed by atoms with Crippen LogP contribution in [0.25, 0.3) is 39.7 Å². The number of aryl methyl sites for hydroxylation is 1. The summed E-state index contributed by atoms with van der Waals surface area (Å²) >= 11 is 0. The Morgan fingerprint density at radius 2 is 1.73 bits per heavy atom. The van der Waals surface area contributed by atoms with Gasteiger partial charge in [-0.2, -0.15) is 0 Å². The lowest BCUT2D eigenvalue weighted by atomic mass is 9.97. The van der Waals surface area contributed by atoms with Gasteiger partial charge < -0.3 is 20.6 Å². The molecular weight excluding hydrogens is 472 g/mol. The van der Waals surface area contributed by atoms with Crippen molar-refractivity contribution >= 4 is 14.1 Å². The van der Waals surface area contributed by atoms with Crippen LogP contribution in [0.5, 0.6) is 0 Å². The zero-order chi connectivity index (χ0) is 25.6. The smallest absolute Gasteiger partial charge is 0.124 e. The number of aromatic amines is 2. The Labute approximate surface area is 220 Å². The van der Waals surface area contributed by atoms with Gasteiger partial charge in [0.15, 0.2) is 0 Å². The number of nitrogens with zero attached hydrogens (tertiary/aromatic N) is 2.